The predicted molar refractivity (Wildman–Crippen MR) is 74.8 cm³/mol. The van der Waals surface area contributed by atoms with Gasteiger partial charge in [-0.25, -0.2) is 0 Å². The monoisotopic (exact) mass is 258 g/mol. The van der Waals surface area contributed by atoms with Crippen LogP contribution in [-0.2, 0) is 0 Å². The molecule has 0 aliphatic carbocycles. The van der Waals surface area contributed by atoms with Crippen LogP contribution in [0.2, 0.25) is 0 Å². The second-order valence-corrected chi connectivity index (χ2v) is 4.27. The Bertz CT molecular complexity index is 503. The molecule has 1 N–H and O–H groups in total. The molecule has 0 saturated heterocycles. The average Bonchev–Trinajstić information content (AvgIpc) is 2.48. The highest BCUT2D eigenvalue weighted by Gasteiger charge is 2.04. The molecule has 2 aromatic carbocycles. The fraction of sp³-hybridized carbons (Fsp3) is 0.250. The van der Waals surface area contributed by atoms with Gasteiger partial charge in [-0.05, 0) is 48.4 Å². The molecule has 0 unspecified atom stereocenters. The predicted octanol–water partition coefficient (Wildman–Crippen LogP) is 3.93. The number of hydrogen-bond donors (Lipinski definition) is 1. The molecule has 0 radical (unpaired) electrons. The van der Waals surface area contributed by atoms with Crippen LogP contribution >= 0.6 is 0 Å². The molecule has 0 aromatic heterocycles. The van der Waals surface area contributed by atoms with E-state index in [1.165, 1.54) is 0 Å². The Morgan fingerprint density at radius 1 is 0.895 bits per heavy atom. The molecule has 100 valence electrons. The SMILES string of the molecule is CC[C@H](O)c1ccc(Oc2ccc(OC)cc2)cc1. The average molecular weight is 258 g/mol. The topological polar surface area (TPSA) is 38.7 Å². The van der Waals surface area contributed by atoms with E-state index in [0.717, 1.165) is 22.8 Å². The van der Waals surface area contributed by atoms with Crippen molar-refractivity contribution < 1.29 is 14.6 Å². The Balaban J connectivity index is 2.06. The Kier molecular flexibility index (Phi) is 4.42. The third-order valence-corrected chi connectivity index (χ3v) is 2.95. The first-order valence-corrected chi connectivity index (χ1v) is 6.33. The van der Waals surface area contributed by atoms with Crippen LogP contribution in [0.1, 0.15) is 25.0 Å². The lowest BCUT2D eigenvalue weighted by atomic mass is 10.1. The minimum Gasteiger partial charge on any atom is -0.497 e. The summed E-state index contributed by atoms with van der Waals surface area (Å²) >= 11 is 0. The fourth-order valence-corrected chi connectivity index (χ4v) is 1.77. The Labute approximate surface area is 113 Å². The third kappa shape index (κ3) is 3.48. The lowest BCUT2D eigenvalue weighted by Gasteiger charge is -2.10. The van der Waals surface area contributed by atoms with Gasteiger partial charge in [-0.1, -0.05) is 19.1 Å². The molecule has 0 amide bonds. The maximum absolute atomic E-state index is 9.71. The molecule has 2 rings (SSSR count). The van der Waals surface area contributed by atoms with E-state index in [0.29, 0.717) is 6.42 Å². The van der Waals surface area contributed by atoms with E-state index in [4.69, 9.17) is 9.47 Å². The minimum atomic E-state index is -0.407. The van der Waals surface area contributed by atoms with Gasteiger partial charge in [-0.3, -0.25) is 0 Å². The molecule has 0 saturated carbocycles. The number of hydrogen-bond acceptors (Lipinski definition) is 3. The van der Waals surface area contributed by atoms with Crippen LogP contribution in [0.15, 0.2) is 48.5 Å². The zero-order valence-corrected chi connectivity index (χ0v) is 11.2. The van der Waals surface area contributed by atoms with Crippen molar-refractivity contribution in [3.8, 4) is 17.2 Å². The van der Waals surface area contributed by atoms with Gasteiger partial charge in [0, 0.05) is 0 Å². The summed E-state index contributed by atoms with van der Waals surface area (Å²) in [6.45, 7) is 1.95. The summed E-state index contributed by atoms with van der Waals surface area (Å²) in [5, 5.41) is 9.71. The molecule has 3 nitrogen and oxygen atoms in total. The van der Waals surface area contributed by atoms with Crippen LogP contribution < -0.4 is 9.47 Å². The number of aliphatic hydroxyl groups excluding tert-OH is 1. The van der Waals surface area contributed by atoms with Crippen molar-refractivity contribution in [2.24, 2.45) is 0 Å². The fourth-order valence-electron chi connectivity index (χ4n) is 1.77. The Morgan fingerprint density at radius 2 is 1.37 bits per heavy atom. The molecule has 2 aromatic rings. The smallest absolute Gasteiger partial charge is 0.127 e. The summed E-state index contributed by atoms with van der Waals surface area (Å²) < 4.78 is 10.8. The van der Waals surface area contributed by atoms with E-state index < -0.39 is 6.10 Å². The molecule has 0 fully saturated rings. The van der Waals surface area contributed by atoms with Crippen molar-refractivity contribution in [2.75, 3.05) is 7.11 Å². The lowest BCUT2D eigenvalue weighted by Crippen LogP contribution is -1.94. The highest BCUT2D eigenvalue weighted by Crippen LogP contribution is 2.25. The van der Waals surface area contributed by atoms with Crippen LogP contribution in [0.5, 0.6) is 17.2 Å². The summed E-state index contributed by atoms with van der Waals surface area (Å²) in [7, 11) is 1.63. The van der Waals surface area contributed by atoms with Crippen LogP contribution in [0, 0.1) is 0 Å². The molecule has 3 heteroatoms. The summed E-state index contributed by atoms with van der Waals surface area (Å²) in [5.74, 6) is 2.30. The summed E-state index contributed by atoms with van der Waals surface area (Å²) in [4.78, 5) is 0. The van der Waals surface area contributed by atoms with E-state index in [1.54, 1.807) is 7.11 Å². The molecule has 0 heterocycles. The van der Waals surface area contributed by atoms with E-state index in [1.807, 2.05) is 55.5 Å². The highest BCUT2D eigenvalue weighted by atomic mass is 16.5. The first-order valence-electron chi connectivity index (χ1n) is 6.33. The molecule has 0 aliphatic heterocycles. The van der Waals surface area contributed by atoms with E-state index in [9.17, 15) is 5.11 Å². The Hall–Kier alpha value is -2.00. The van der Waals surface area contributed by atoms with Crippen LogP contribution in [0.4, 0.5) is 0 Å². The molecular weight excluding hydrogens is 240 g/mol. The van der Waals surface area contributed by atoms with Gasteiger partial charge in [0.1, 0.15) is 17.2 Å². The van der Waals surface area contributed by atoms with Gasteiger partial charge in [0.15, 0.2) is 0 Å². The lowest BCUT2D eigenvalue weighted by molar-refractivity contribution is 0.173. The van der Waals surface area contributed by atoms with E-state index >= 15 is 0 Å². The van der Waals surface area contributed by atoms with Crippen molar-refractivity contribution in [3.05, 3.63) is 54.1 Å². The van der Waals surface area contributed by atoms with Gasteiger partial charge in [-0.2, -0.15) is 0 Å². The summed E-state index contributed by atoms with van der Waals surface area (Å²) in [5.41, 5.74) is 0.907. The first-order chi connectivity index (χ1) is 9.22. The van der Waals surface area contributed by atoms with Gasteiger partial charge in [0.2, 0.25) is 0 Å². The van der Waals surface area contributed by atoms with Crippen LogP contribution in [-0.4, -0.2) is 12.2 Å². The standard InChI is InChI=1S/C16H18O3/c1-3-16(17)12-4-6-14(7-5-12)19-15-10-8-13(18-2)9-11-15/h4-11,16-17H,3H2,1-2H3/t16-/m0/s1. The van der Waals surface area contributed by atoms with Crippen molar-refractivity contribution >= 4 is 0 Å². The number of aliphatic hydroxyl groups is 1. The second-order valence-electron chi connectivity index (χ2n) is 4.27. The van der Waals surface area contributed by atoms with Crippen molar-refractivity contribution in [1.82, 2.24) is 0 Å². The van der Waals surface area contributed by atoms with Crippen molar-refractivity contribution in [3.63, 3.8) is 0 Å². The zero-order valence-electron chi connectivity index (χ0n) is 11.2. The van der Waals surface area contributed by atoms with Gasteiger partial charge in [-0.15, -0.1) is 0 Å². The second kappa shape index (κ2) is 6.25. The Morgan fingerprint density at radius 3 is 1.84 bits per heavy atom. The quantitative estimate of drug-likeness (QED) is 0.883. The van der Waals surface area contributed by atoms with Gasteiger partial charge >= 0.3 is 0 Å². The first kappa shape index (κ1) is 13.4. The molecule has 0 spiro atoms. The summed E-state index contributed by atoms with van der Waals surface area (Å²) in [6.07, 6.45) is 0.300. The number of ether oxygens (including phenoxy) is 2. The van der Waals surface area contributed by atoms with Gasteiger partial charge in [0.25, 0.3) is 0 Å². The molecule has 0 aliphatic rings. The number of rotatable bonds is 5. The molecule has 19 heavy (non-hydrogen) atoms. The van der Waals surface area contributed by atoms with Gasteiger partial charge in [0.05, 0.1) is 13.2 Å². The largest absolute Gasteiger partial charge is 0.497 e. The maximum Gasteiger partial charge on any atom is 0.127 e. The van der Waals surface area contributed by atoms with Gasteiger partial charge < -0.3 is 14.6 Å². The summed E-state index contributed by atoms with van der Waals surface area (Å²) in [6, 6.07) is 14.9. The zero-order chi connectivity index (χ0) is 13.7. The molecule has 0 bridgehead atoms. The highest BCUT2D eigenvalue weighted by molar-refractivity contribution is 5.36. The molecule has 1 atom stereocenters. The normalized spacial score (nSPS) is 11.9. The maximum atomic E-state index is 9.71. The number of benzene rings is 2. The van der Waals surface area contributed by atoms with Crippen molar-refractivity contribution in [2.45, 2.75) is 19.4 Å². The minimum absolute atomic E-state index is 0.407. The third-order valence-electron chi connectivity index (χ3n) is 2.95. The van der Waals surface area contributed by atoms with Crippen LogP contribution in [0.25, 0.3) is 0 Å². The van der Waals surface area contributed by atoms with Crippen molar-refractivity contribution in [1.29, 1.82) is 0 Å². The molecular formula is C16H18O3. The van der Waals surface area contributed by atoms with E-state index in [-0.39, 0.29) is 0 Å². The number of methoxy groups -OCH3 is 1. The van der Waals surface area contributed by atoms with Crippen LogP contribution in [0.3, 0.4) is 0 Å². The van der Waals surface area contributed by atoms with E-state index in [2.05, 4.69) is 0 Å².